The van der Waals surface area contributed by atoms with Crippen LogP contribution >= 0.6 is 0 Å². The molecule has 2 aromatic heterocycles. The van der Waals surface area contributed by atoms with Crippen LogP contribution in [0.3, 0.4) is 0 Å². The molecule has 0 aromatic carbocycles. The third kappa shape index (κ3) is 2.35. The molecule has 1 aliphatic rings. The summed E-state index contributed by atoms with van der Waals surface area (Å²) < 4.78 is 2.04. The van der Waals surface area contributed by atoms with Gasteiger partial charge in [-0.25, -0.2) is 20.0 Å². The molecule has 3 rings (SSSR count). The average molecular weight is 275 g/mol. The first-order valence-corrected chi connectivity index (χ1v) is 7.45. The molecule has 0 saturated carbocycles. The van der Waals surface area contributed by atoms with Crippen molar-refractivity contribution in [2.75, 3.05) is 5.06 Å². The van der Waals surface area contributed by atoms with Crippen LogP contribution in [-0.2, 0) is 6.54 Å². The molecule has 1 N–H and O–H groups in total. The Morgan fingerprint density at radius 2 is 2.15 bits per heavy atom. The van der Waals surface area contributed by atoms with Gasteiger partial charge < -0.3 is 4.57 Å². The maximum atomic E-state index is 10.5. The summed E-state index contributed by atoms with van der Waals surface area (Å²) in [6, 6.07) is 0.129. The molecule has 108 valence electrons. The maximum absolute atomic E-state index is 10.5. The quantitative estimate of drug-likeness (QED) is 0.850. The predicted octanol–water partition coefficient (Wildman–Crippen LogP) is 2.76. The average Bonchev–Trinajstić information content (AvgIpc) is 2.83. The lowest BCUT2D eigenvalue weighted by Gasteiger charge is -2.24. The minimum Gasteiger partial charge on any atom is -0.326 e. The highest BCUT2D eigenvalue weighted by Gasteiger charge is 2.26. The Balaban J connectivity index is 1.80. The number of unbranched alkanes of at least 4 members (excludes halogenated alkanes) is 3. The van der Waals surface area contributed by atoms with Gasteiger partial charge in [0.15, 0.2) is 11.5 Å². The number of hydrogen-bond acceptors (Lipinski definition) is 5. The van der Waals surface area contributed by atoms with E-state index >= 15 is 0 Å². The first-order chi connectivity index (χ1) is 9.81. The zero-order chi connectivity index (χ0) is 13.9. The predicted molar refractivity (Wildman–Crippen MR) is 76.8 cm³/mol. The van der Waals surface area contributed by atoms with E-state index in [4.69, 9.17) is 0 Å². The van der Waals surface area contributed by atoms with Gasteiger partial charge in [0.25, 0.3) is 0 Å². The Bertz CT molecular complexity index is 582. The van der Waals surface area contributed by atoms with E-state index in [1.165, 1.54) is 30.7 Å². The number of nitrogens with zero attached hydrogens (tertiary/aromatic N) is 5. The zero-order valence-corrected chi connectivity index (χ0v) is 11.9. The van der Waals surface area contributed by atoms with Crippen LogP contribution in [-0.4, -0.2) is 30.8 Å². The molecular formula is C14H21N5O. The van der Waals surface area contributed by atoms with E-state index in [1.807, 2.05) is 4.57 Å². The third-order valence-corrected chi connectivity index (χ3v) is 4.05. The molecule has 6 heteroatoms. The first kappa shape index (κ1) is 13.3. The molecular weight excluding hydrogens is 254 g/mol. The van der Waals surface area contributed by atoms with Gasteiger partial charge in [0.1, 0.15) is 11.8 Å². The Kier molecular flexibility index (Phi) is 3.82. The molecule has 1 aliphatic heterocycles. The molecule has 20 heavy (non-hydrogen) atoms. The Morgan fingerprint density at radius 3 is 3.00 bits per heavy atom. The Hall–Kier alpha value is -1.69. The Labute approximate surface area is 118 Å². The molecule has 0 aliphatic carbocycles. The Morgan fingerprint density at radius 1 is 1.25 bits per heavy atom. The van der Waals surface area contributed by atoms with Crippen LogP contribution in [0.15, 0.2) is 12.7 Å². The summed E-state index contributed by atoms with van der Waals surface area (Å²) in [5, 5.41) is 11.8. The summed E-state index contributed by atoms with van der Waals surface area (Å²) in [5.41, 5.74) is 1.49. The van der Waals surface area contributed by atoms with Gasteiger partial charge in [-0.05, 0) is 12.8 Å². The summed E-state index contributed by atoms with van der Waals surface area (Å²) in [5.74, 6) is 0.588. The second-order valence-electron chi connectivity index (χ2n) is 5.44. The minimum absolute atomic E-state index is 0.129. The van der Waals surface area contributed by atoms with Crippen molar-refractivity contribution in [1.29, 1.82) is 0 Å². The van der Waals surface area contributed by atoms with Crippen LogP contribution in [0.4, 0.5) is 5.82 Å². The van der Waals surface area contributed by atoms with Crippen LogP contribution in [0.1, 0.15) is 45.4 Å². The molecule has 1 unspecified atom stereocenters. The maximum Gasteiger partial charge on any atom is 0.183 e. The van der Waals surface area contributed by atoms with E-state index in [0.717, 1.165) is 31.3 Å². The lowest BCUT2D eigenvalue weighted by atomic mass is 10.0. The molecule has 0 fully saturated rings. The second-order valence-corrected chi connectivity index (χ2v) is 5.44. The lowest BCUT2D eigenvalue weighted by molar-refractivity contribution is 0.200. The number of imidazole rings is 1. The van der Waals surface area contributed by atoms with Crippen LogP contribution in [0.5, 0.6) is 0 Å². The van der Waals surface area contributed by atoms with E-state index in [2.05, 4.69) is 21.9 Å². The number of aryl methyl sites for hydroxylation is 1. The van der Waals surface area contributed by atoms with Crippen molar-refractivity contribution < 1.29 is 5.21 Å². The molecule has 0 saturated heterocycles. The van der Waals surface area contributed by atoms with Crippen molar-refractivity contribution in [3.63, 3.8) is 0 Å². The van der Waals surface area contributed by atoms with Crippen LogP contribution < -0.4 is 5.06 Å². The van der Waals surface area contributed by atoms with E-state index in [-0.39, 0.29) is 6.04 Å². The van der Waals surface area contributed by atoms with Crippen LogP contribution in [0.25, 0.3) is 11.2 Å². The topological polar surface area (TPSA) is 67.1 Å². The molecule has 6 nitrogen and oxygen atoms in total. The monoisotopic (exact) mass is 275 g/mol. The first-order valence-electron chi connectivity index (χ1n) is 7.45. The second kappa shape index (κ2) is 5.75. The smallest absolute Gasteiger partial charge is 0.183 e. The highest BCUT2D eigenvalue weighted by atomic mass is 16.5. The molecule has 2 aromatic rings. The standard InChI is InChI=1S/C14H21N5O/c1-2-3-4-5-6-11-7-8-18-10-17-13-12(18)14(19(11)20)16-9-15-13/h9-11,20H,2-8H2,1H3. The summed E-state index contributed by atoms with van der Waals surface area (Å²) in [7, 11) is 0. The summed E-state index contributed by atoms with van der Waals surface area (Å²) in [4.78, 5) is 12.7. The van der Waals surface area contributed by atoms with Crippen molar-refractivity contribution in [2.24, 2.45) is 0 Å². The van der Waals surface area contributed by atoms with Crippen molar-refractivity contribution in [1.82, 2.24) is 19.5 Å². The lowest BCUT2D eigenvalue weighted by Crippen LogP contribution is -2.32. The van der Waals surface area contributed by atoms with Crippen molar-refractivity contribution in [3.05, 3.63) is 12.7 Å². The van der Waals surface area contributed by atoms with Gasteiger partial charge in [-0.2, -0.15) is 0 Å². The molecule has 0 bridgehead atoms. The van der Waals surface area contributed by atoms with Crippen molar-refractivity contribution >= 4 is 17.0 Å². The fourth-order valence-electron chi connectivity index (χ4n) is 2.89. The summed E-state index contributed by atoms with van der Waals surface area (Å²) in [6.45, 7) is 3.06. The summed E-state index contributed by atoms with van der Waals surface area (Å²) in [6.07, 6.45) is 10.0. The largest absolute Gasteiger partial charge is 0.326 e. The highest BCUT2D eigenvalue weighted by Crippen LogP contribution is 2.29. The van der Waals surface area contributed by atoms with Gasteiger partial charge in [-0.15, -0.1) is 0 Å². The van der Waals surface area contributed by atoms with E-state index in [9.17, 15) is 5.21 Å². The zero-order valence-electron chi connectivity index (χ0n) is 11.9. The molecule has 0 spiro atoms. The van der Waals surface area contributed by atoms with Gasteiger partial charge in [0, 0.05) is 6.54 Å². The van der Waals surface area contributed by atoms with Crippen LogP contribution in [0.2, 0.25) is 0 Å². The fraction of sp³-hybridized carbons (Fsp3) is 0.643. The van der Waals surface area contributed by atoms with E-state index in [1.54, 1.807) is 6.33 Å². The summed E-state index contributed by atoms with van der Waals surface area (Å²) >= 11 is 0. The normalized spacial score (nSPS) is 18.5. The number of anilines is 1. The van der Waals surface area contributed by atoms with Crippen molar-refractivity contribution in [3.8, 4) is 0 Å². The van der Waals surface area contributed by atoms with Crippen molar-refractivity contribution in [2.45, 2.75) is 58.0 Å². The van der Waals surface area contributed by atoms with Gasteiger partial charge in [-0.1, -0.05) is 32.6 Å². The molecule has 0 radical (unpaired) electrons. The van der Waals surface area contributed by atoms with Gasteiger partial charge in [-0.3, -0.25) is 5.21 Å². The number of aromatic nitrogens is 4. The number of hydrogen-bond donors (Lipinski definition) is 1. The number of rotatable bonds is 5. The van der Waals surface area contributed by atoms with Gasteiger partial charge >= 0.3 is 0 Å². The molecule has 0 amide bonds. The minimum atomic E-state index is 0.129. The number of hydroxylamine groups is 1. The van der Waals surface area contributed by atoms with Crippen LogP contribution in [0, 0.1) is 0 Å². The van der Waals surface area contributed by atoms with Gasteiger partial charge in [0.2, 0.25) is 0 Å². The van der Waals surface area contributed by atoms with E-state index < -0.39 is 0 Å². The molecule has 1 atom stereocenters. The molecule has 3 heterocycles. The third-order valence-electron chi connectivity index (χ3n) is 4.05. The van der Waals surface area contributed by atoms with E-state index in [0.29, 0.717) is 11.5 Å². The SMILES string of the molecule is CCCCCCC1CCn2cnc3ncnc(c32)N1O. The fourth-order valence-corrected chi connectivity index (χ4v) is 2.89. The highest BCUT2D eigenvalue weighted by molar-refractivity contribution is 5.83. The van der Waals surface area contributed by atoms with Gasteiger partial charge in [0.05, 0.1) is 12.4 Å².